The minimum absolute atomic E-state index is 0.185. The summed E-state index contributed by atoms with van der Waals surface area (Å²) in [5.74, 6) is -1.41. The average molecular weight is 234 g/mol. The van der Waals surface area contributed by atoms with E-state index in [4.69, 9.17) is 5.11 Å². The largest absolute Gasteiger partial charge is 0.476 e. The number of rotatable bonds is 1. The molecule has 0 aromatic carbocycles. The molecule has 0 unspecified atom stereocenters. The van der Waals surface area contributed by atoms with Gasteiger partial charge in [0.2, 0.25) is 0 Å². The highest BCUT2D eigenvalue weighted by atomic mass is 19.4. The fourth-order valence-corrected chi connectivity index (χ4v) is 1.92. The standard InChI is InChI=1S/C9H9F3N2O2/c10-9(11,12)7-6(8(15)16)13-5-3-1-2-4-14(5)7/h1-4H2,(H,15,16). The highest BCUT2D eigenvalue weighted by Gasteiger charge is 2.42. The first-order valence-electron chi connectivity index (χ1n) is 4.81. The predicted molar refractivity (Wildman–Crippen MR) is 47.1 cm³/mol. The molecule has 2 rings (SSSR count). The monoisotopic (exact) mass is 234 g/mol. The maximum absolute atomic E-state index is 12.7. The van der Waals surface area contributed by atoms with Crippen LogP contribution in [-0.2, 0) is 19.1 Å². The van der Waals surface area contributed by atoms with Gasteiger partial charge in [-0.2, -0.15) is 13.2 Å². The number of halogens is 3. The molecule has 7 heteroatoms. The van der Waals surface area contributed by atoms with E-state index < -0.39 is 23.5 Å². The number of carbonyl (C=O) groups is 1. The van der Waals surface area contributed by atoms with Crippen LogP contribution in [0.4, 0.5) is 13.2 Å². The van der Waals surface area contributed by atoms with Crippen LogP contribution in [0, 0.1) is 0 Å². The van der Waals surface area contributed by atoms with Gasteiger partial charge in [-0.3, -0.25) is 0 Å². The lowest BCUT2D eigenvalue weighted by Crippen LogP contribution is -2.20. The Morgan fingerprint density at radius 3 is 2.62 bits per heavy atom. The lowest BCUT2D eigenvalue weighted by atomic mass is 10.1. The van der Waals surface area contributed by atoms with Gasteiger partial charge in [-0.1, -0.05) is 0 Å². The Balaban J connectivity index is 2.62. The number of aromatic nitrogens is 2. The Morgan fingerprint density at radius 1 is 1.38 bits per heavy atom. The van der Waals surface area contributed by atoms with Crippen molar-refractivity contribution in [2.75, 3.05) is 0 Å². The maximum atomic E-state index is 12.7. The van der Waals surface area contributed by atoms with Crippen LogP contribution in [-0.4, -0.2) is 20.6 Å². The van der Waals surface area contributed by atoms with E-state index >= 15 is 0 Å². The van der Waals surface area contributed by atoms with E-state index in [0.29, 0.717) is 12.8 Å². The number of hydrogen-bond acceptors (Lipinski definition) is 2. The van der Waals surface area contributed by atoms with Gasteiger partial charge in [-0.15, -0.1) is 0 Å². The van der Waals surface area contributed by atoms with E-state index in [9.17, 15) is 18.0 Å². The third-order valence-corrected chi connectivity index (χ3v) is 2.55. The van der Waals surface area contributed by atoms with Crippen molar-refractivity contribution >= 4 is 5.97 Å². The highest BCUT2D eigenvalue weighted by molar-refractivity contribution is 5.87. The van der Waals surface area contributed by atoms with E-state index in [-0.39, 0.29) is 12.4 Å². The van der Waals surface area contributed by atoms with Gasteiger partial charge >= 0.3 is 12.1 Å². The minimum atomic E-state index is -4.67. The van der Waals surface area contributed by atoms with Crippen molar-refractivity contribution in [3.8, 4) is 0 Å². The number of aromatic carboxylic acids is 1. The third-order valence-electron chi connectivity index (χ3n) is 2.55. The van der Waals surface area contributed by atoms with E-state index in [1.807, 2.05) is 0 Å². The molecule has 0 atom stereocenters. The minimum Gasteiger partial charge on any atom is -0.476 e. The number of alkyl halides is 3. The Hall–Kier alpha value is -1.53. The van der Waals surface area contributed by atoms with Gasteiger partial charge in [0.15, 0.2) is 11.4 Å². The summed E-state index contributed by atoms with van der Waals surface area (Å²) in [5, 5.41) is 8.70. The zero-order valence-electron chi connectivity index (χ0n) is 8.21. The topological polar surface area (TPSA) is 55.1 Å². The number of carboxylic acid groups (broad SMARTS) is 1. The van der Waals surface area contributed by atoms with Crippen LogP contribution < -0.4 is 0 Å². The van der Waals surface area contributed by atoms with Crippen molar-refractivity contribution in [2.45, 2.75) is 32.0 Å². The zero-order valence-corrected chi connectivity index (χ0v) is 8.21. The van der Waals surface area contributed by atoms with Crippen LogP contribution in [0.3, 0.4) is 0 Å². The summed E-state index contributed by atoms with van der Waals surface area (Å²) in [7, 11) is 0. The summed E-state index contributed by atoms with van der Waals surface area (Å²) in [6.45, 7) is 0.185. The fraction of sp³-hybridized carbons (Fsp3) is 0.556. The van der Waals surface area contributed by atoms with Gasteiger partial charge in [0.05, 0.1) is 0 Å². The summed E-state index contributed by atoms with van der Waals surface area (Å²) < 4.78 is 39.1. The molecule has 0 bridgehead atoms. The molecule has 0 radical (unpaired) electrons. The lowest BCUT2D eigenvalue weighted by Gasteiger charge is -2.17. The summed E-state index contributed by atoms with van der Waals surface area (Å²) in [6.07, 6.45) is -2.91. The van der Waals surface area contributed by atoms with Crippen molar-refractivity contribution in [2.24, 2.45) is 0 Å². The van der Waals surface area contributed by atoms with Gasteiger partial charge in [0, 0.05) is 13.0 Å². The SMILES string of the molecule is O=C(O)c1nc2n(c1C(F)(F)F)CCCC2. The maximum Gasteiger partial charge on any atom is 0.433 e. The number of nitrogens with zero attached hydrogens (tertiary/aromatic N) is 2. The number of hydrogen-bond donors (Lipinski definition) is 1. The molecule has 1 aromatic rings. The molecule has 1 aliphatic heterocycles. The van der Waals surface area contributed by atoms with Crippen LogP contribution in [0.15, 0.2) is 0 Å². The normalized spacial score (nSPS) is 15.9. The van der Waals surface area contributed by atoms with Crippen molar-refractivity contribution in [3.05, 3.63) is 17.2 Å². The van der Waals surface area contributed by atoms with E-state index in [1.165, 1.54) is 0 Å². The van der Waals surface area contributed by atoms with Crippen molar-refractivity contribution in [1.82, 2.24) is 9.55 Å². The van der Waals surface area contributed by atoms with Gasteiger partial charge in [-0.25, -0.2) is 9.78 Å². The molecule has 1 N–H and O–H groups in total. The smallest absolute Gasteiger partial charge is 0.433 e. The van der Waals surface area contributed by atoms with Crippen LogP contribution in [0.5, 0.6) is 0 Å². The molecule has 0 fully saturated rings. The van der Waals surface area contributed by atoms with Crippen LogP contribution in [0.25, 0.3) is 0 Å². The summed E-state index contributed by atoms with van der Waals surface area (Å²) >= 11 is 0. The molecule has 1 aromatic heterocycles. The van der Waals surface area contributed by atoms with Gasteiger partial charge < -0.3 is 9.67 Å². The Labute approximate surface area is 88.7 Å². The summed E-state index contributed by atoms with van der Waals surface area (Å²) in [4.78, 5) is 14.3. The quantitative estimate of drug-likeness (QED) is 0.807. The van der Waals surface area contributed by atoms with E-state index in [0.717, 1.165) is 11.0 Å². The molecule has 16 heavy (non-hydrogen) atoms. The number of fused-ring (bicyclic) bond motifs is 1. The Kier molecular flexibility index (Phi) is 2.40. The molecular weight excluding hydrogens is 225 g/mol. The average Bonchev–Trinajstić information content (AvgIpc) is 2.55. The van der Waals surface area contributed by atoms with E-state index in [2.05, 4.69) is 4.98 Å². The Morgan fingerprint density at radius 2 is 2.06 bits per heavy atom. The molecular formula is C9H9F3N2O2. The number of carboxylic acids is 1. The van der Waals surface area contributed by atoms with Gasteiger partial charge in [-0.05, 0) is 12.8 Å². The first kappa shape index (κ1) is 11.0. The molecule has 0 amide bonds. The second kappa shape index (κ2) is 3.50. The van der Waals surface area contributed by atoms with E-state index in [1.54, 1.807) is 0 Å². The molecule has 0 spiro atoms. The molecule has 2 heterocycles. The fourth-order valence-electron chi connectivity index (χ4n) is 1.92. The predicted octanol–water partition coefficient (Wildman–Crippen LogP) is 1.94. The molecule has 88 valence electrons. The van der Waals surface area contributed by atoms with Crippen LogP contribution >= 0.6 is 0 Å². The summed E-state index contributed by atoms with van der Waals surface area (Å²) in [6, 6.07) is 0. The lowest BCUT2D eigenvalue weighted by molar-refractivity contribution is -0.144. The Bertz CT molecular complexity index is 437. The van der Waals surface area contributed by atoms with Crippen molar-refractivity contribution in [3.63, 3.8) is 0 Å². The van der Waals surface area contributed by atoms with Crippen molar-refractivity contribution in [1.29, 1.82) is 0 Å². The van der Waals surface area contributed by atoms with Crippen molar-refractivity contribution < 1.29 is 23.1 Å². The first-order valence-corrected chi connectivity index (χ1v) is 4.81. The first-order chi connectivity index (χ1) is 7.41. The molecule has 0 aliphatic carbocycles. The number of aryl methyl sites for hydroxylation is 1. The third kappa shape index (κ3) is 1.66. The van der Waals surface area contributed by atoms with Gasteiger partial charge in [0.25, 0.3) is 0 Å². The molecule has 0 saturated heterocycles. The summed E-state index contributed by atoms with van der Waals surface area (Å²) in [5.41, 5.74) is -2.01. The second-order valence-corrected chi connectivity index (χ2v) is 3.64. The molecule has 1 aliphatic rings. The second-order valence-electron chi connectivity index (χ2n) is 3.64. The molecule has 4 nitrogen and oxygen atoms in total. The molecule has 0 saturated carbocycles. The van der Waals surface area contributed by atoms with Crippen LogP contribution in [0.2, 0.25) is 0 Å². The highest BCUT2D eigenvalue weighted by Crippen LogP contribution is 2.34. The van der Waals surface area contributed by atoms with Crippen LogP contribution in [0.1, 0.15) is 34.8 Å². The zero-order chi connectivity index (χ0) is 11.9. The van der Waals surface area contributed by atoms with Gasteiger partial charge in [0.1, 0.15) is 5.82 Å². The number of imidazole rings is 1.